The smallest absolute Gasteiger partial charge is 0.237 e. The highest BCUT2D eigenvalue weighted by Crippen LogP contribution is 2.03. The molecule has 0 bridgehead atoms. The minimum atomic E-state index is -3.32. The molecule has 8 heteroatoms. The van der Waals surface area contributed by atoms with E-state index in [1.807, 2.05) is 0 Å². The number of carbonyl (C=O) groups excluding carboxylic acids is 1. The SMILES string of the molecule is CCS(=O)(=O)N(C)CC(=O)N1CCS(=O)CC1. The number of nitrogens with zero attached hydrogens (tertiary/aromatic N) is 2. The molecule has 0 aromatic rings. The maximum absolute atomic E-state index is 11.8. The molecule has 0 atom stereocenters. The summed E-state index contributed by atoms with van der Waals surface area (Å²) in [5.41, 5.74) is 0. The Kier molecular flexibility index (Phi) is 5.08. The number of likely N-dealkylation sites (N-methyl/N-ethyl adjacent to an activating group) is 1. The molecule has 0 aliphatic carbocycles. The summed E-state index contributed by atoms with van der Waals surface area (Å²) in [6.45, 7) is 2.31. The molecule has 0 unspecified atom stereocenters. The lowest BCUT2D eigenvalue weighted by molar-refractivity contribution is -0.130. The largest absolute Gasteiger partial charge is 0.340 e. The van der Waals surface area contributed by atoms with Crippen molar-refractivity contribution >= 4 is 26.7 Å². The molecule has 0 aromatic carbocycles. The molecule has 1 rings (SSSR count). The van der Waals surface area contributed by atoms with Gasteiger partial charge in [-0.2, -0.15) is 4.31 Å². The van der Waals surface area contributed by atoms with Gasteiger partial charge in [-0.25, -0.2) is 8.42 Å². The molecule has 1 aliphatic rings. The van der Waals surface area contributed by atoms with E-state index < -0.39 is 20.8 Å². The van der Waals surface area contributed by atoms with E-state index in [9.17, 15) is 17.4 Å². The Labute approximate surface area is 104 Å². The highest BCUT2D eigenvalue weighted by Gasteiger charge is 2.24. The van der Waals surface area contributed by atoms with Gasteiger partial charge < -0.3 is 4.90 Å². The Morgan fingerprint density at radius 3 is 2.35 bits per heavy atom. The third kappa shape index (κ3) is 4.04. The number of carbonyl (C=O) groups is 1. The Morgan fingerprint density at radius 1 is 1.35 bits per heavy atom. The summed E-state index contributed by atoms with van der Waals surface area (Å²) in [6, 6.07) is 0. The first-order valence-corrected chi connectivity index (χ1v) is 8.53. The zero-order valence-electron chi connectivity index (χ0n) is 10.1. The second kappa shape index (κ2) is 5.92. The van der Waals surface area contributed by atoms with Crippen LogP contribution >= 0.6 is 0 Å². The first kappa shape index (κ1) is 14.6. The molecule has 1 fully saturated rings. The fourth-order valence-electron chi connectivity index (χ4n) is 1.50. The van der Waals surface area contributed by atoms with Crippen LogP contribution in [0.25, 0.3) is 0 Å². The number of hydrogen-bond donors (Lipinski definition) is 0. The number of amides is 1. The lowest BCUT2D eigenvalue weighted by atomic mass is 10.4. The summed E-state index contributed by atoms with van der Waals surface area (Å²) in [5.74, 6) is 0.730. The number of rotatable bonds is 4. The van der Waals surface area contributed by atoms with E-state index >= 15 is 0 Å². The van der Waals surface area contributed by atoms with E-state index in [1.165, 1.54) is 7.05 Å². The molecule has 1 amide bonds. The predicted molar refractivity (Wildman–Crippen MR) is 66.5 cm³/mol. The van der Waals surface area contributed by atoms with Gasteiger partial charge in [-0.1, -0.05) is 0 Å². The third-order valence-electron chi connectivity index (χ3n) is 2.73. The van der Waals surface area contributed by atoms with Crippen molar-refractivity contribution in [3.8, 4) is 0 Å². The zero-order valence-corrected chi connectivity index (χ0v) is 11.7. The monoisotopic (exact) mass is 282 g/mol. The fourth-order valence-corrected chi connectivity index (χ4v) is 3.30. The van der Waals surface area contributed by atoms with E-state index in [-0.39, 0.29) is 18.2 Å². The van der Waals surface area contributed by atoms with Gasteiger partial charge >= 0.3 is 0 Å². The lowest BCUT2D eigenvalue weighted by Gasteiger charge is -2.28. The molecule has 6 nitrogen and oxygen atoms in total. The summed E-state index contributed by atoms with van der Waals surface area (Å²) in [6.07, 6.45) is 0. The average molecular weight is 282 g/mol. The van der Waals surface area contributed by atoms with Crippen molar-refractivity contribution in [3.05, 3.63) is 0 Å². The van der Waals surface area contributed by atoms with Crippen LogP contribution in [0, 0.1) is 0 Å². The molecule has 100 valence electrons. The standard InChI is InChI=1S/C9H18N2O4S2/c1-3-17(14,15)10(2)8-9(12)11-4-6-16(13)7-5-11/h3-8H2,1-2H3. The van der Waals surface area contributed by atoms with Crippen molar-refractivity contribution < 1.29 is 17.4 Å². The molecule has 0 saturated carbocycles. The molecule has 1 heterocycles. The van der Waals surface area contributed by atoms with Crippen LogP contribution in [0.5, 0.6) is 0 Å². The minimum absolute atomic E-state index is 0.0131. The van der Waals surface area contributed by atoms with Crippen molar-refractivity contribution in [2.24, 2.45) is 0 Å². The predicted octanol–water partition coefficient (Wildman–Crippen LogP) is -1.14. The summed E-state index contributed by atoms with van der Waals surface area (Å²) in [5, 5.41) is 0. The Morgan fingerprint density at radius 2 is 1.88 bits per heavy atom. The van der Waals surface area contributed by atoms with Crippen LogP contribution in [0.4, 0.5) is 0 Å². The second-order valence-electron chi connectivity index (χ2n) is 3.89. The topological polar surface area (TPSA) is 74.8 Å². The van der Waals surface area contributed by atoms with Crippen LogP contribution in [0.1, 0.15) is 6.92 Å². The molecule has 0 N–H and O–H groups in total. The Bertz CT molecular complexity index is 397. The van der Waals surface area contributed by atoms with Crippen molar-refractivity contribution in [2.45, 2.75) is 6.92 Å². The van der Waals surface area contributed by atoms with E-state index in [0.717, 1.165) is 4.31 Å². The van der Waals surface area contributed by atoms with Gasteiger partial charge in [-0.15, -0.1) is 0 Å². The summed E-state index contributed by atoms with van der Waals surface area (Å²) in [7, 11) is -2.75. The third-order valence-corrected chi connectivity index (χ3v) is 5.81. The first-order valence-electron chi connectivity index (χ1n) is 5.43. The van der Waals surface area contributed by atoms with Gasteiger partial charge in [0.05, 0.1) is 12.3 Å². The number of sulfonamides is 1. The first-order chi connectivity index (χ1) is 7.86. The van der Waals surface area contributed by atoms with Crippen LogP contribution < -0.4 is 0 Å². The van der Waals surface area contributed by atoms with Crippen LogP contribution in [-0.2, 0) is 25.6 Å². The summed E-state index contributed by atoms with van der Waals surface area (Å²) < 4.78 is 35.1. The maximum Gasteiger partial charge on any atom is 0.237 e. The Balaban J connectivity index is 2.52. The lowest BCUT2D eigenvalue weighted by Crippen LogP contribution is -2.46. The molecule has 17 heavy (non-hydrogen) atoms. The van der Waals surface area contributed by atoms with Gasteiger partial charge in [0, 0.05) is 42.4 Å². The van der Waals surface area contributed by atoms with Gasteiger partial charge in [-0.05, 0) is 6.92 Å². The molecule has 0 radical (unpaired) electrons. The molecule has 0 aromatic heterocycles. The normalized spacial score (nSPS) is 18.6. The quantitative estimate of drug-likeness (QED) is 0.653. The van der Waals surface area contributed by atoms with E-state index in [4.69, 9.17) is 0 Å². The molecule has 1 aliphatic heterocycles. The molecule has 1 saturated heterocycles. The minimum Gasteiger partial charge on any atom is -0.340 e. The van der Waals surface area contributed by atoms with Crippen molar-refractivity contribution in [3.63, 3.8) is 0 Å². The van der Waals surface area contributed by atoms with Gasteiger partial charge in [-0.3, -0.25) is 9.00 Å². The van der Waals surface area contributed by atoms with E-state index in [1.54, 1.807) is 11.8 Å². The van der Waals surface area contributed by atoms with E-state index in [2.05, 4.69) is 0 Å². The van der Waals surface area contributed by atoms with Crippen molar-refractivity contribution in [2.75, 3.05) is 43.9 Å². The molecule has 0 spiro atoms. The van der Waals surface area contributed by atoms with Crippen LogP contribution in [0.2, 0.25) is 0 Å². The van der Waals surface area contributed by atoms with Gasteiger partial charge in [0.2, 0.25) is 15.9 Å². The fraction of sp³-hybridized carbons (Fsp3) is 0.889. The second-order valence-corrected chi connectivity index (χ2v) is 7.95. The average Bonchev–Trinajstić information content (AvgIpc) is 2.29. The summed E-state index contributed by atoms with van der Waals surface area (Å²) in [4.78, 5) is 13.4. The maximum atomic E-state index is 11.8. The van der Waals surface area contributed by atoms with Crippen molar-refractivity contribution in [1.82, 2.24) is 9.21 Å². The highest BCUT2D eigenvalue weighted by molar-refractivity contribution is 7.89. The Hall–Kier alpha value is -0.470. The molecular weight excluding hydrogens is 264 g/mol. The van der Waals surface area contributed by atoms with Crippen LogP contribution in [0.15, 0.2) is 0 Å². The van der Waals surface area contributed by atoms with Crippen LogP contribution in [-0.4, -0.2) is 71.7 Å². The van der Waals surface area contributed by atoms with Gasteiger partial charge in [0.25, 0.3) is 0 Å². The van der Waals surface area contributed by atoms with Crippen LogP contribution in [0.3, 0.4) is 0 Å². The highest BCUT2D eigenvalue weighted by atomic mass is 32.2. The number of hydrogen-bond acceptors (Lipinski definition) is 4. The van der Waals surface area contributed by atoms with Crippen molar-refractivity contribution in [1.29, 1.82) is 0 Å². The molecular formula is C9H18N2O4S2. The van der Waals surface area contributed by atoms with E-state index in [0.29, 0.717) is 24.6 Å². The van der Waals surface area contributed by atoms with Gasteiger partial charge in [0.1, 0.15) is 0 Å². The van der Waals surface area contributed by atoms with Gasteiger partial charge in [0.15, 0.2) is 0 Å². The summed E-state index contributed by atoms with van der Waals surface area (Å²) >= 11 is 0. The zero-order chi connectivity index (χ0) is 13.1.